The Balaban J connectivity index is 2.70. The van der Waals surface area contributed by atoms with Gasteiger partial charge in [0.1, 0.15) is 6.54 Å². The summed E-state index contributed by atoms with van der Waals surface area (Å²) < 4.78 is 36.2. The monoisotopic (exact) mass is 363 g/mol. The van der Waals surface area contributed by atoms with E-state index in [1.54, 1.807) is 11.4 Å². The second-order valence-electron chi connectivity index (χ2n) is 2.93. The quantitative estimate of drug-likeness (QED) is 0.803. The molecule has 1 rings (SSSR count). The molecule has 0 aromatic heterocycles. The van der Waals surface area contributed by atoms with Crippen molar-refractivity contribution in [2.24, 2.45) is 0 Å². The minimum atomic E-state index is -4.41. The molecule has 16 heavy (non-hydrogen) atoms. The molecule has 0 unspecified atom stereocenters. The molecule has 0 saturated heterocycles. The number of halogens is 5. The van der Waals surface area contributed by atoms with Crippen LogP contribution in [0.15, 0.2) is 18.2 Å². The Hall–Kier alpha value is -0.500. The molecular formula is C9H6ClF3INO. The van der Waals surface area contributed by atoms with Gasteiger partial charge in [-0.2, -0.15) is 13.2 Å². The van der Waals surface area contributed by atoms with Crippen LogP contribution < -0.4 is 5.32 Å². The molecule has 0 aliphatic rings. The maximum atomic E-state index is 11.8. The topological polar surface area (TPSA) is 29.1 Å². The third-order valence-electron chi connectivity index (χ3n) is 1.63. The lowest BCUT2D eigenvalue weighted by atomic mass is 10.2. The van der Waals surface area contributed by atoms with Gasteiger partial charge in [0.15, 0.2) is 0 Å². The number of hydrogen-bond acceptors (Lipinski definition) is 1. The van der Waals surface area contributed by atoms with Gasteiger partial charge in [0.05, 0.1) is 5.02 Å². The van der Waals surface area contributed by atoms with Gasteiger partial charge < -0.3 is 5.32 Å². The van der Waals surface area contributed by atoms with E-state index in [2.05, 4.69) is 0 Å². The summed E-state index contributed by atoms with van der Waals surface area (Å²) >= 11 is 7.69. The number of alkyl halides is 3. The van der Waals surface area contributed by atoms with Crippen LogP contribution in [-0.4, -0.2) is 18.6 Å². The zero-order valence-electron chi connectivity index (χ0n) is 7.74. The van der Waals surface area contributed by atoms with Crippen molar-refractivity contribution in [2.75, 3.05) is 6.54 Å². The van der Waals surface area contributed by atoms with Gasteiger partial charge in [0.25, 0.3) is 5.91 Å². The Morgan fingerprint density at radius 1 is 1.44 bits per heavy atom. The highest BCUT2D eigenvalue weighted by atomic mass is 127. The molecule has 0 bridgehead atoms. The van der Waals surface area contributed by atoms with E-state index in [-0.39, 0.29) is 5.56 Å². The molecule has 1 amide bonds. The average molecular weight is 364 g/mol. The van der Waals surface area contributed by atoms with Crippen LogP contribution in [-0.2, 0) is 0 Å². The van der Waals surface area contributed by atoms with Gasteiger partial charge >= 0.3 is 6.18 Å². The van der Waals surface area contributed by atoms with Crippen LogP contribution in [0, 0.1) is 3.57 Å². The van der Waals surface area contributed by atoms with E-state index in [0.29, 0.717) is 5.02 Å². The molecule has 0 heterocycles. The lowest BCUT2D eigenvalue weighted by Gasteiger charge is -2.08. The Morgan fingerprint density at radius 2 is 2.06 bits per heavy atom. The van der Waals surface area contributed by atoms with E-state index in [1.807, 2.05) is 22.6 Å². The zero-order chi connectivity index (χ0) is 12.3. The highest BCUT2D eigenvalue weighted by Gasteiger charge is 2.27. The van der Waals surface area contributed by atoms with E-state index in [4.69, 9.17) is 11.6 Å². The molecule has 0 aliphatic heterocycles. The van der Waals surface area contributed by atoms with Gasteiger partial charge in [-0.1, -0.05) is 11.6 Å². The second kappa shape index (κ2) is 5.22. The van der Waals surface area contributed by atoms with Gasteiger partial charge in [0.2, 0.25) is 0 Å². The van der Waals surface area contributed by atoms with E-state index in [9.17, 15) is 18.0 Å². The lowest BCUT2D eigenvalue weighted by Crippen LogP contribution is -2.33. The smallest absolute Gasteiger partial charge is 0.343 e. The summed E-state index contributed by atoms with van der Waals surface area (Å²) in [5.41, 5.74) is 0.106. The van der Waals surface area contributed by atoms with Crippen LogP contribution in [0.1, 0.15) is 10.4 Å². The van der Waals surface area contributed by atoms with Crippen LogP contribution in [0.5, 0.6) is 0 Å². The van der Waals surface area contributed by atoms with Crippen LogP contribution in [0.3, 0.4) is 0 Å². The van der Waals surface area contributed by atoms with Gasteiger partial charge in [-0.25, -0.2) is 0 Å². The van der Waals surface area contributed by atoms with Gasteiger partial charge in [-0.05, 0) is 40.8 Å². The number of benzene rings is 1. The lowest BCUT2D eigenvalue weighted by molar-refractivity contribution is -0.123. The van der Waals surface area contributed by atoms with E-state index in [1.165, 1.54) is 12.1 Å². The maximum Gasteiger partial charge on any atom is 0.405 e. The molecule has 0 aliphatic carbocycles. The standard InChI is InChI=1S/C9H6ClF3INO/c10-6-3-5(1-2-7(6)14)8(16)15-4-9(11,12)13/h1-3H,4H2,(H,15,16). The summed E-state index contributed by atoms with van der Waals surface area (Å²) in [6.45, 7) is -1.35. The molecule has 0 spiro atoms. The molecule has 0 radical (unpaired) electrons. The Morgan fingerprint density at radius 3 is 2.56 bits per heavy atom. The van der Waals surface area contributed by atoms with Crippen molar-refractivity contribution >= 4 is 40.1 Å². The predicted octanol–water partition coefficient (Wildman–Crippen LogP) is 3.24. The summed E-state index contributed by atoms with van der Waals surface area (Å²) in [6.07, 6.45) is -4.41. The highest BCUT2D eigenvalue weighted by Crippen LogP contribution is 2.19. The van der Waals surface area contributed by atoms with Crippen molar-refractivity contribution in [3.8, 4) is 0 Å². The third-order valence-corrected chi connectivity index (χ3v) is 3.20. The number of carbonyl (C=O) groups is 1. The van der Waals surface area contributed by atoms with Crippen molar-refractivity contribution in [3.63, 3.8) is 0 Å². The first-order valence-corrected chi connectivity index (χ1v) is 5.55. The van der Waals surface area contributed by atoms with E-state index >= 15 is 0 Å². The minimum Gasteiger partial charge on any atom is -0.343 e. The summed E-state index contributed by atoms with van der Waals surface area (Å²) in [7, 11) is 0. The molecule has 0 fully saturated rings. The van der Waals surface area contributed by atoms with Gasteiger partial charge in [-0.3, -0.25) is 4.79 Å². The normalized spacial score (nSPS) is 11.3. The Bertz CT molecular complexity index is 408. The second-order valence-corrected chi connectivity index (χ2v) is 4.50. The highest BCUT2D eigenvalue weighted by molar-refractivity contribution is 14.1. The third kappa shape index (κ3) is 4.17. The van der Waals surface area contributed by atoms with Crippen LogP contribution in [0.25, 0.3) is 0 Å². The molecule has 1 aromatic carbocycles. The molecular weight excluding hydrogens is 357 g/mol. The molecule has 0 saturated carbocycles. The molecule has 88 valence electrons. The van der Waals surface area contributed by atoms with Crippen LogP contribution in [0.4, 0.5) is 13.2 Å². The number of hydrogen-bond donors (Lipinski definition) is 1. The predicted molar refractivity (Wildman–Crippen MR) is 62.6 cm³/mol. The van der Waals surface area contributed by atoms with Crippen molar-refractivity contribution in [2.45, 2.75) is 6.18 Å². The number of nitrogens with one attached hydrogen (secondary N) is 1. The fourth-order valence-corrected chi connectivity index (χ4v) is 1.44. The zero-order valence-corrected chi connectivity index (χ0v) is 10.7. The fraction of sp³-hybridized carbons (Fsp3) is 0.222. The first kappa shape index (κ1) is 13.6. The molecule has 2 nitrogen and oxygen atoms in total. The summed E-state index contributed by atoms with van der Waals surface area (Å²) in [5, 5.41) is 2.09. The first-order chi connectivity index (χ1) is 7.29. The Kier molecular flexibility index (Phi) is 4.43. The van der Waals surface area contributed by atoms with Gasteiger partial charge in [0, 0.05) is 9.13 Å². The first-order valence-electron chi connectivity index (χ1n) is 4.09. The minimum absolute atomic E-state index is 0.106. The number of amides is 1. The van der Waals surface area contributed by atoms with E-state index in [0.717, 1.165) is 3.57 Å². The van der Waals surface area contributed by atoms with E-state index < -0.39 is 18.6 Å². The van der Waals surface area contributed by atoms with Crippen LogP contribution >= 0.6 is 34.2 Å². The number of carbonyl (C=O) groups excluding carboxylic acids is 1. The molecule has 1 N–H and O–H groups in total. The van der Waals surface area contributed by atoms with Crippen molar-refractivity contribution in [1.82, 2.24) is 5.32 Å². The maximum absolute atomic E-state index is 11.8. The van der Waals surface area contributed by atoms with Crippen molar-refractivity contribution < 1.29 is 18.0 Å². The summed E-state index contributed by atoms with van der Waals surface area (Å²) in [5.74, 6) is -0.796. The SMILES string of the molecule is O=C(NCC(F)(F)F)c1ccc(I)c(Cl)c1. The molecule has 7 heteroatoms. The largest absolute Gasteiger partial charge is 0.405 e. The van der Waals surface area contributed by atoms with Crippen LogP contribution in [0.2, 0.25) is 5.02 Å². The molecule has 1 aromatic rings. The average Bonchev–Trinajstić information content (AvgIpc) is 2.17. The number of rotatable bonds is 2. The fourth-order valence-electron chi connectivity index (χ4n) is 0.920. The summed E-state index contributed by atoms with van der Waals surface area (Å²) in [6, 6.07) is 4.31. The van der Waals surface area contributed by atoms with Gasteiger partial charge in [-0.15, -0.1) is 0 Å². The summed E-state index contributed by atoms with van der Waals surface area (Å²) in [4.78, 5) is 11.3. The van der Waals surface area contributed by atoms with Crippen molar-refractivity contribution in [3.05, 3.63) is 32.4 Å². The molecule has 0 atom stereocenters. The van der Waals surface area contributed by atoms with Crippen molar-refractivity contribution in [1.29, 1.82) is 0 Å². The Labute approximate surface area is 108 Å².